The van der Waals surface area contributed by atoms with Crippen LogP contribution in [0.3, 0.4) is 0 Å². The lowest BCUT2D eigenvalue weighted by atomic mass is 10.8. The van der Waals surface area contributed by atoms with Crippen molar-refractivity contribution in [3.05, 3.63) is 0 Å². The second-order valence-electron chi connectivity index (χ2n) is 1.97. The number of aliphatic hydroxyl groups is 1. The molecule has 0 bridgehead atoms. The molecule has 15 heavy (non-hydrogen) atoms. The fourth-order valence-corrected chi connectivity index (χ4v) is 0.553. The summed E-state index contributed by atoms with van der Waals surface area (Å²) >= 11 is 0. The van der Waals surface area contributed by atoms with Gasteiger partial charge in [0, 0.05) is 33.0 Å². The van der Waals surface area contributed by atoms with Crippen LogP contribution in [0.4, 0.5) is 0 Å². The standard InChI is InChI=1S/C7H16O3.C2H6O.CHN/c1-4-8-7(9-5-2)10-6-3;1-2-3;1-2/h7H,4-6H2,1-3H3;3H,2H2,1H3;1H. The highest BCUT2D eigenvalue weighted by molar-refractivity contribution is 4.23. The summed E-state index contributed by atoms with van der Waals surface area (Å²) in [6.07, 6.45) is 0. The van der Waals surface area contributed by atoms with Crippen molar-refractivity contribution >= 4 is 0 Å². The molecule has 0 saturated carbocycles. The van der Waals surface area contributed by atoms with E-state index in [2.05, 4.69) is 6.57 Å². The molecular formula is C10H23NO4. The van der Waals surface area contributed by atoms with Gasteiger partial charge in [0.25, 0.3) is 6.48 Å². The van der Waals surface area contributed by atoms with E-state index in [-0.39, 0.29) is 6.61 Å². The molecule has 0 saturated heterocycles. The van der Waals surface area contributed by atoms with Crippen molar-refractivity contribution in [1.82, 2.24) is 0 Å². The molecule has 0 rings (SSSR count). The number of ether oxygens (including phenoxy) is 3. The first-order valence-electron chi connectivity index (χ1n) is 4.98. The van der Waals surface area contributed by atoms with Gasteiger partial charge in [0.2, 0.25) is 0 Å². The minimum Gasteiger partial charge on any atom is -0.397 e. The minimum atomic E-state index is -0.472. The lowest BCUT2D eigenvalue weighted by molar-refractivity contribution is -0.282. The molecule has 5 nitrogen and oxygen atoms in total. The molecule has 0 amide bonds. The van der Waals surface area contributed by atoms with Crippen molar-refractivity contribution in [2.45, 2.75) is 34.2 Å². The second kappa shape index (κ2) is 23.3. The normalized spacial score (nSPS) is 8.53. The van der Waals surface area contributed by atoms with Crippen LogP contribution in [0.1, 0.15) is 27.7 Å². The number of rotatable bonds is 6. The van der Waals surface area contributed by atoms with E-state index in [9.17, 15) is 0 Å². The molecule has 0 fully saturated rings. The first-order chi connectivity index (χ1) is 7.26. The number of hydrogen-bond donors (Lipinski definition) is 1. The van der Waals surface area contributed by atoms with Gasteiger partial charge >= 0.3 is 0 Å². The highest BCUT2D eigenvalue weighted by Crippen LogP contribution is 1.95. The first kappa shape index (κ1) is 19.8. The summed E-state index contributed by atoms with van der Waals surface area (Å²) in [4.78, 5) is 0. The maximum Gasteiger partial charge on any atom is 0.271 e. The lowest BCUT2D eigenvalue weighted by Crippen LogP contribution is -2.20. The van der Waals surface area contributed by atoms with Crippen molar-refractivity contribution in [3.8, 4) is 6.57 Å². The van der Waals surface area contributed by atoms with Gasteiger partial charge in [-0.1, -0.05) is 0 Å². The van der Waals surface area contributed by atoms with Crippen LogP contribution < -0.4 is 0 Å². The Morgan fingerprint density at radius 1 is 0.933 bits per heavy atom. The molecule has 1 N–H and O–H groups in total. The molecule has 0 unspecified atom stereocenters. The van der Waals surface area contributed by atoms with E-state index in [0.717, 1.165) is 0 Å². The van der Waals surface area contributed by atoms with Gasteiger partial charge in [-0.05, 0) is 27.7 Å². The minimum absolute atomic E-state index is 0.250. The van der Waals surface area contributed by atoms with E-state index < -0.39 is 6.48 Å². The summed E-state index contributed by atoms with van der Waals surface area (Å²) in [6, 6.07) is 0. The molecular weight excluding hydrogens is 198 g/mol. The molecule has 5 heteroatoms. The van der Waals surface area contributed by atoms with E-state index in [0.29, 0.717) is 19.8 Å². The SMILES string of the molecule is C#N.CCO.CCOC(OCC)OCC. The van der Waals surface area contributed by atoms with E-state index in [4.69, 9.17) is 24.6 Å². The Hall–Kier alpha value is -0.670. The van der Waals surface area contributed by atoms with Gasteiger partial charge in [0.05, 0.1) is 0 Å². The Kier molecular flexibility index (Phi) is 30.8. The molecule has 0 aromatic carbocycles. The van der Waals surface area contributed by atoms with Crippen molar-refractivity contribution in [2.24, 2.45) is 0 Å². The van der Waals surface area contributed by atoms with Crippen LogP contribution in [0.25, 0.3) is 0 Å². The zero-order valence-electron chi connectivity index (χ0n) is 10.1. The third-order valence-corrected chi connectivity index (χ3v) is 0.908. The molecule has 0 aromatic heterocycles. The molecule has 0 aromatic rings. The lowest BCUT2D eigenvalue weighted by Gasteiger charge is -2.15. The van der Waals surface area contributed by atoms with Gasteiger partial charge in [-0.2, -0.15) is 0 Å². The number of nitrogens with zero attached hydrogens (tertiary/aromatic N) is 1. The summed E-state index contributed by atoms with van der Waals surface area (Å²) < 4.78 is 15.2. The highest BCUT2D eigenvalue weighted by atomic mass is 16.8. The third-order valence-electron chi connectivity index (χ3n) is 0.908. The maximum atomic E-state index is 7.57. The van der Waals surface area contributed by atoms with Crippen LogP contribution in [0.5, 0.6) is 0 Å². The molecule has 0 aliphatic carbocycles. The van der Waals surface area contributed by atoms with Crippen LogP contribution in [0.15, 0.2) is 0 Å². The van der Waals surface area contributed by atoms with Gasteiger partial charge in [0.15, 0.2) is 0 Å². The highest BCUT2D eigenvalue weighted by Gasteiger charge is 2.04. The molecule has 0 aliphatic heterocycles. The predicted molar refractivity (Wildman–Crippen MR) is 58.1 cm³/mol. The Balaban J connectivity index is -0.000000245. The predicted octanol–water partition coefficient (Wildman–Crippen LogP) is 1.52. The number of hydrogen-bond acceptors (Lipinski definition) is 5. The molecule has 0 heterocycles. The van der Waals surface area contributed by atoms with Crippen LogP contribution >= 0.6 is 0 Å². The molecule has 0 spiro atoms. The fourth-order valence-electron chi connectivity index (χ4n) is 0.553. The summed E-state index contributed by atoms with van der Waals surface area (Å²) in [6.45, 7) is 12.5. The van der Waals surface area contributed by atoms with Crippen LogP contribution in [0, 0.1) is 11.8 Å². The summed E-state index contributed by atoms with van der Waals surface area (Å²) in [5.74, 6) is 0. The maximum absolute atomic E-state index is 7.57. The summed E-state index contributed by atoms with van der Waals surface area (Å²) in [5.41, 5.74) is 0. The van der Waals surface area contributed by atoms with Gasteiger partial charge in [0.1, 0.15) is 0 Å². The quantitative estimate of drug-likeness (QED) is 0.688. The summed E-state index contributed by atoms with van der Waals surface area (Å²) in [7, 11) is 0. The van der Waals surface area contributed by atoms with Crippen molar-refractivity contribution < 1.29 is 19.3 Å². The first-order valence-corrected chi connectivity index (χ1v) is 4.98. The average Bonchev–Trinajstić information content (AvgIpc) is 2.23. The van der Waals surface area contributed by atoms with E-state index in [1.165, 1.54) is 0 Å². The fraction of sp³-hybridized carbons (Fsp3) is 0.900. The Morgan fingerprint density at radius 3 is 1.27 bits per heavy atom. The monoisotopic (exact) mass is 221 g/mol. The zero-order valence-corrected chi connectivity index (χ0v) is 10.1. The molecule has 0 atom stereocenters. The van der Waals surface area contributed by atoms with Gasteiger partial charge in [-0.25, -0.2) is 5.26 Å². The molecule has 0 aliphatic rings. The van der Waals surface area contributed by atoms with E-state index in [1.54, 1.807) is 6.92 Å². The van der Waals surface area contributed by atoms with E-state index in [1.807, 2.05) is 20.8 Å². The van der Waals surface area contributed by atoms with Crippen LogP contribution in [-0.2, 0) is 14.2 Å². The van der Waals surface area contributed by atoms with E-state index >= 15 is 0 Å². The number of aliphatic hydroxyl groups excluding tert-OH is 1. The van der Waals surface area contributed by atoms with Gasteiger partial charge < -0.3 is 19.3 Å². The molecule has 0 radical (unpaired) electrons. The van der Waals surface area contributed by atoms with Crippen molar-refractivity contribution in [3.63, 3.8) is 0 Å². The van der Waals surface area contributed by atoms with Crippen molar-refractivity contribution in [2.75, 3.05) is 26.4 Å². The summed E-state index contributed by atoms with van der Waals surface area (Å²) in [5, 5.41) is 14.1. The Morgan fingerprint density at radius 2 is 1.13 bits per heavy atom. The Bertz CT molecular complexity index is 94.6. The third kappa shape index (κ3) is 24.7. The second-order valence-corrected chi connectivity index (χ2v) is 1.97. The number of nitriles is 1. The van der Waals surface area contributed by atoms with Crippen LogP contribution in [-0.4, -0.2) is 38.0 Å². The largest absolute Gasteiger partial charge is 0.397 e. The topological polar surface area (TPSA) is 71.7 Å². The van der Waals surface area contributed by atoms with Crippen molar-refractivity contribution in [1.29, 1.82) is 5.26 Å². The zero-order chi connectivity index (χ0) is 12.5. The van der Waals surface area contributed by atoms with Crippen LogP contribution in [0.2, 0.25) is 0 Å². The smallest absolute Gasteiger partial charge is 0.271 e. The van der Waals surface area contributed by atoms with Gasteiger partial charge in [-0.15, -0.1) is 0 Å². The Labute approximate surface area is 92.6 Å². The average molecular weight is 221 g/mol. The molecule has 92 valence electrons. The van der Waals surface area contributed by atoms with Gasteiger partial charge in [-0.3, -0.25) is 0 Å².